The third-order valence-corrected chi connectivity index (χ3v) is 6.11. The zero-order valence-electron chi connectivity index (χ0n) is 19.7. The van der Waals surface area contributed by atoms with E-state index >= 15 is 0 Å². The van der Waals surface area contributed by atoms with E-state index in [9.17, 15) is 14.9 Å². The van der Waals surface area contributed by atoms with Gasteiger partial charge in [-0.15, -0.1) is 0 Å². The molecule has 1 saturated heterocycles. The average molecular weight is 548 g/mol. The molecule has 12 nitrogen and oxygen atoms in total. The molecule has 0 saturated carbocycles. The van der Waals surface area contributed by atoms with Gasteiger partial charge >= 0.3 is 5.69 Å². The Morgan fingerprint density at radius 1 is 1.08 bits per heavy atom. The number of halogens is 2. The standard InChI is InChI=1S/C23H23Cl2N7O5/c1-36-17-5-3-16(4-6-17)30-8-10-31(11-9-30)23-21(32(34)35)22(26-14-27-23)29-28-20(33)13-37-19-7-2-15(24)12-18(19)25/h2-7,12,14H,8-11,13H2,1H3,(H,28,33)(H,26,27,29). The fraction of sp³-hybridized carbons (Fsp3) is 0.261. The zero-order valence-corrected chi connectivity index (χ0v) is 21.2. The summed E-state index contributed by atoms with van der Waals surface area (Å²) >= 11 is 11.9. The molecule has 1 aliphatic heterocycles. The first-order chi connectivity index (χ1) is 17.9. The number of carbonyl (C=O) groups excluding carboxylic acids is 1. The average Bonchev–Trinajstić information content (AvgIpc) is 2.91. The Labute approximate surface area is 222 Å². The summed E-state index contributed by atoms with van der Waals surface area (Å²) in [6, 6.07) is 12.3. The third-order valence-electron chi connectivity index (χ3n) is 5.58. The number of piperazine rings is 1. The van der Waals surface area contributed by atoms with Crippen molar-refractivity contribution in [2.24, 2.45) is 0 Å². The summed E-state index contributed by atoms with van der Waals surface area (Å²) in [7, 11) is 1.61. The van der Waals surface area contributed by atoms with Crippen molar-refractivity contribution in [3.8, 4) is 11.5 Å². The Morgan fingerprint density at radius 2 is 1.78 bits per heavy atom. The van der Waals surface area contributed by atoms with Gasteiger partial charge in [0.05, 0.1) is 17.1 Å². The van der Waals surface area contributed by atoms with Gasteiger partial charge in [0.2, 0.25) is 11.6 Å². The van der Waals surface area contributed by atoms with Crippen LogP contribution in [0.2, 0.25) is 10.0 Å². The minimum Gasteiger partial charge on any atom is -0.497 e. The first-order valence-electron chi connectivity index (χ1n) is 11.1. The molecule has 37 heavy (non-hydrogen) atoms. The number of nitro groups is 1. The second kappa shape index (κ2) is 11.8. The minimum absolute atomic E-state index is 0.148. The van der Waals surface area contributed by atoms with Crippen LogP contribution in [0.1, 0.15) is 0 Å². The van der Waals surface area contributed by atoms with Gasteiger partial charge in [-0.05, 0) is 42.5 Å². The number of hydrogen-bond donors (Lipinski definition) is 2. The maximum Gasteiger partial charge on any atom is 0.355 e. The topological polar surface area (TPSA) is 135 Å². The van der Waals surface area contributed by atoms with Crippen molar-refractivity contribution in [3.05, 3.63) is 69.0 Å². The molecule has 0 unspecified atom stereocenters. The maximum absolute atomic E-state index is 12.2. The third kappa shape index (κ3) is 6.40. The van der Waals surface area contributed by atoms with Crippen molar-refractivity contribution in [1.29, 1.82) is 0 Å². The van der Waals surface area contributed by atoms with Gasteiger partial charge in [0.1, 0.15) is 17.8 Å². The predicted molar refractivity (Wildman–Crippen MR) is 140 cm³/mol. The molecule has 0 aliphatic carbocycles. The van der Waals surface area contributed by atoms with Crippen molar-refractivity contribution in [2.45, 2.75) is 0 Å². The number of benzene rings is 2. The van der Waals surface area contributed by atoms with Gasteiger partial charge in [0.25, 0.3) is 5.91 Å². The minimum atomic E-state index is -0.603. The molecule has 0 spiro atoms. The molecule has 1 aliphatic rings. The molecular weight excluding hydrogens is 525 g/mol. The Bertz CT molecular complexity index is 1270. The van der Waals surface area contributed by atoms with Gasteiger partial charge in [-0.1, -0.05) is 23.2 Å². The second-order valence-electron chi connectivity index (χ2n) is 7.86. The van der Waals surface area contributed by atoms with Gasteiger partial charge in [0.15, 0.2) is 6.61 Å². The van der Waals surface area contributed by atoms with E-state index in [1.54, 1.807) is 13.2 Å². The number of methoxy groups -OCH3 is 1. The zero-order chi connectivity index (χ0) is 26.4. The van der Waals surface area contributed by atoms with Crippen LogP contribution in [0.5, 0.6) is 11.5 Å². The summed E-state index contributed by atoms with van der Waals surface area (Å²) < 4.78 is 10.6. The Morgan fingerprint density at radius 3 is 2.43 bits per heavy atom. The molecule has 4 rings (SSSR count). The van der Waals surface area contributed by atoms with Crippen molar-refractivity contribution >= 4 is 52.1 Å². The second-order valence-corrected chi connectivity index (χ2v) is 8.70. The smallest absolute Gasteiger partial charge is 0.355 e. The van der Waals surface area contributed by atoms with E-state index in [-0.39, 0.29) is 28.1 Å². The van der Waals surface area contributed by atoms with Crippen LogP contribution in [-0.2, 0) is 4.79 Å². The molecule has 0 atom stereocenters. The summed E-state index contributed by atoms with van der Waals surface area (Å²) in [6.07, 6.45) is 1.21. The van der Waals surface area contributed by atoms with Crippen LogP contribution in [0.4, 0.5) is 23.0 Å². The molecule has 3 aromatic rings. The van der Waals surface area contributed by atoms with Crippen LogP contribution < -0.4 is 30.1 Å². The molecule has 2 aromatic carbocycles. The molecule has 14 heteroatoms. The lowest BCUT2D eigenvalue weighted by molar-refractivity contribution is -0.383. The van der Waals surface area contributed by atoms with Gasteiger partial charge < -0.3 is 19.3 Å². The molecule has 1 aromatic heterocycles. The Hall–Kier alpha value is -4.03. The van der Waals surface area contributed by atoms with Crippen LogP contribution >= 0.6 is 23.2 Å². The number of aromatic nitrogens is 2. The van der Waals surface area contributed by atoms with E-state index in [1.165, 1.54) is 18.5 Å². The number of amides is 1. The van der Waals surface area contributed by atoms with Crippen molar-refractivity contribution in [2.75, 3.05) is 55.1 Å². The highest BCUT2D eigenvalue weighted by atomic mass is 35.5. The van der Waals surface area contributed by atoms with Crippen molar-refractivity contribution < 1.29 is 19.2 Å². The van der Waals surface area contributed by atoms with E-state index in [1.807, 2.05) is 29.2 Å². The molecule has 0 bridgehead atoms. The summed E-state index contributed by atoms with van der Waals surface area (Å²) in [6.45, 7) is 1.89. The first kappa shape index (κ1) is 26.0. The molecule has 1 amide bonds. The highest BCUT2D eigenvalue weighted by Gasteiger charge is 2.29. The monoisotopic (exact) mass is 547 g/mol. The highest BCUT2D eigenvalue weighted by molar-refractivity contribution is 6.35. The number of hydrazine groups is 1. The largest absolute Gasteiger partial charge is 0.497 e. The van der Waals surface area contributed by atoms with Crippen LogP contribution in [0, 0.1) is 10.1 Å². The summed E-state index contributed by atoms with van der Waals surface area (Å²) in [5, 5.41) is 12.6. The first-order valence-corrected chi connectivity index (χ1v) is 11.9. The van der Waals surface area contributed by atoms with E-state index < -0.39 is 17.4 Å². The lowest BCUT2D eigenvalue weighted by atomic mass is 10.2. The van der Waals surface area contributed by atoms with Gasteiger partial charge in [-0.3, -0.25) is 25.8 Å². The highest BCUT2D eigenvalue weighted by Crippen LogP contribution is 2.32. The number of ether oxygens (including phenoxy) is 2. The van der Waals surface area contributed by atoms with Crippen LogP contribution in [-0.4, -0.2) is 60.7 Å². The maximum atomic E-state index is 12.2. The number of hydrogen-bond acceptors (Lipinski definition) is 10. The van der Waals surface area contributed by atoms with E-state index in [2.05, 4.69) is 25.7 Å². The molecule has 1 fully saturated rings. The fourth-order valence-corrected chi connectivity index (χ4v) is 4.19. The predicted octanol–water partition coefficient (Wildman–Crippen LogP) is 3.55. The van der Waals surface area contributed by atoms with Gasteiger partial charge in [0, 0.05) is 36.9 Å². The van der Waals surface area contributed by atoms with Crippen molar-refractivity contribution in [1.82, 2.24) is 15.4 Å². The Kier molecular flexibility index (Phi) is 8.31. The molecule has 2 heterocycles. The fourth-order valence-electron chi connectivity index (χ4n) is 3.73. The van der Waals surface area contributed by atoms with Gasteiger partial charge in [-0.2, -0.15) is 0 Å². The normalized spacial score (nSPS) is 13.2. The quantitative estimate of drug-likeness (QED) is 0.302. The van der Waals surface area contributed by atoms with Crippen LogP contribution in [0.15, 0.2) is 48.8 Å². The summed E-state index contributed by atoms with van der Waals surface area (Å²) in [5.74, 6) is 0.450. The number of nitrogens with one attached hydrogen (secondary N) is 2. The summed E-state index contributed by atoms with van der Waals surface area (Å²) in [4.78, 5) is 35.7. The molecule has 194 valence electrons. The molecular formula is C23H23Cl2N7O5. The Balaban J connectivity index is 1.38. The number of anilines is 3. The van der Waals surface area contributed by atoms with Gasteiger partial charge in [-0.25, -0.2) is 9.97 Å². The molecule has 0 radical (unpaired) electrons. The van der Waals surface area contributed by atoms with Crippen LogP contribution in [0.25, 0.3) is 0 Å². The number of nitrogens with zero attached hydrogens (tertiary/aromatic N) is 5. The lowest BCUT2D eigenvalue weighted by Crippen LogP contribution is -2.47. The van der Waals surface area contributed by atoms with Crippen molar-refractivity contribution in [3.63, 3.8) is 0 Å². The number of carbonyl (C=O) groups is 1. The van der Waals surface area contributed by atoms with E-state index in [4.69, 9.17) is 32.7 Å². The lowest BCUT2D eigenvalue weighted by Gasteiger charge is -2.36. The SMILES string of the molecule is COc1ccc(N2CCN(c3ncnc(NNC(=O)COc4ccc(Cl)cc4Cl)c3[N+](=O)[O-])CC2)cc1. The van der Waals surface area contributed by atoms with Crippen LogP contribution in [0.3, 0.4) is 0 Å². The van der Waals surface area contributed by atoms with E-state index in [0.29, 0.717) is 31.2 Å². The van der Waals surface area contributed by atoms with E-state index in [0.717, 1.165) is 11.4 Å². The molecule has 2 N–H and O–H groups in total. The summed E-state index contributed by atoms with van der Waals surface area (Å²) in [5.41, 5.74) is 5.54. The number of rotatable bonds is 9.